The predicted molar refractivity (Wildman–Crippen MR) is 161 cm³/mol. The average molecular weight is 538 g/mol. The Morgan fingerprint density at radius 2 is 1.45 bits per heavy atom. The first-order valence-corrected chi connectivity index (χ1v) is 14.3. The van der Waals surface area contributed by atoms with Crippen molar-refractivity contribution in [2.75, 3.05) is 0 Å². The summed E-state index contributed by atoms with van der Waals surface area (Å²) in [5, 5.41) is 6.02. The number of ether oxygens (including phenoxy) is 1. The molecule has 6 heteroatoms. The Morgan fingerprint density at radius 1 is 0.643 bits per heavy atom. The highest BCUT2D eigenvalue weighted by molar-refractivity contribution is 6.17. The van der Waals surface area contributed by atoms with Gasteiger partial charge in [0.15, 0.2) is 16.8 Å². The summed E-state index contributed by atoms with van der Waals surface area (Å²) in [7, 11) is 0. The van der Waals surface area contributed by atoms with Crippen LogP contribution in [0.4, 0.5) is 0 Å². The van der Waals surface area contributed by atoms with E-state index in [-0.39, 0.29) is 0 Å². The van der Waals surface area contributed by atoms with Crippen LogP contribution in [0.3, 0.4) is 0 Å². The molecule has 0 aliphatic carbocycles. The van der Waals surface area contributed by atoms with Crippen LogP contribution in [0.1, 0.15) is 11.1 Å². The Hall–Kier alpha value is -5.75. The van der Waals surface area contributed by atoms with Gasteiger partial charge in [0.2, 0.25) is 5.52 Å². The van der Waals surface area contributed by atoms with Crippen LogP contribution >= 0.6 is 0 Å². The van der Waals surface area contributed by atoms with Gasteiger partial charge in [0.25, 0.3) is 5.82 Å². The third kappa shape index (κ3) is 1.82. The van der Waals surface area contributed by atoms with E-state index in [4.69, 9.17) is 9.72 Å². The van der Waals surface area contributed by atoms with Gasteiger partial charge >= 0.3 is 11.5 Å². The molecule has 1 atom stereocenters. The summed E-state index contributed by atoms with van der Waals surface area (Å²) in [4.78, 5) is 4.97. The summed E-state index contributed by atoms with van der Waals surface area (Å²) >= 11 is 0. The van der Waals surface area contributed by atoms with E-state index >= 15 is 0 Å². The van der Waals surface area contributed by atoms with Gasteiger partial charge in [-0.1, -0.05) is 36.4 Å². The summed E-state index contributed by atoms with van der Waals surface area (Å²) in [5.41, 5.74) is 8.66. The van der Waals surface area contributed by atoms with Crippen molar-refractivity contribution in [3.05, 3.63) is 127 Å². The van der Waals surface area contributed by atoms with E-state index in [2.05, 4.69) is 121 Å². The van der Waals surface area contributed by atoms with Gasteiger partial charge in [0.05, 0.1) is 23.2 Å². The van der Waals surface area contributed by atoms with Crippen molar-refractivity contribution in [1.29, 1.82) is 0 Å². The zero-order valence-corrected chi connectivity index (χ0v) is 22.1. The molecule has 6 aromatic heterocycles. The zero-order valence-electron chi connectivity index (χ0n) is 22.1. The number of benzene rings is 3. The van der Waals surface area contributed by atoms with Crippen molar-refractivity contribution in [2.24, 2.45) is 0 Å². The van der Waals surface area contributed by atoms with E-state index in [0.717, 1.165) is 28.5 Å². The molecule has 0 fully saturated rings. The molecule has 9 aromatic rings. The zero-order chi connectivity index (χ0) is 26.9. The highest BCUT2D eigenvalue weighted by Crippen LogP contribution is 2.55. The fraction of sp³-hybridized carbons (Fsp3) is 0.0278. The third-order valence-electron chi connectivity index (χ3n) is 9.93. The van der Waals surface area contributed by atoms with Gasteiger partial charge in [0, 0.05) is 33.8 Å². The first-order chi connectivity index (χ1) is 20.9. The van der Waals surface area contributed by atoms with Crippen molar-refractivity contribution in [2.45, 2.75) is 5.66 Å². The van der Waals surface area contributed by atoms with Crippen LogP contribution in [0, 0.1) is 0 Å². The van der Waals surface area contributed by atoms with E-state index in [9.17, 15) is 0 Å². The van der Waals surface area contributed by atoms with Gasteiger partial charge in [-0.3, -0.25) is 4.40 Å². The monoisotopic (exact) mass is 537 g/mol. The van der Waals surface area contributed by atoms with Crippen LogP contribution in [0.5, 0.6) is 11.6 Å². The van der Waals surface area contributed by atoms with Crippen LogP contribution < -0.4 is 13.9 Å². The standard InChI is InChI=1S/C36H19N5O/c1-3-11-25-20(8-1)21-14-16-27-31-32(21)39(25)28-13-5-6-19-38(28)36(31)30-24-9-2-4-12-26(24)40-34(30)33-22(15-17-29(42-27)41(33)36)23-10-7-18-37-35(23)40/h1-19H/q+2. The number of nitrogens with zero attached hydrogens (tertiary/aromatic N) is 5. The lowest BCUT2D eigenvalue weighted by atomic mass is 9.86. The molecule has 0 saturated carbocycles. The van der Waals surface area contributed by atoms with Gasteiger partial charge in [-0.25, -0.2) is 4.98 Å². The second-order valence-corrected chi connectivity index (χ2v) is 11.6. The molecule has 6 nitrogen and oxygen atoms in total. The molecule has 1 spiro atoms. The first-order valence-electron chi connectivity index (χ1n) is 14.3. The molecule has 42 heavy (non-hydrogen) atoms. The molecule has 192 valence electrons. The quantitative estimate of drug-likeness (QED) is 0.164. The lowest BCUT2D eigenvalue weighted by Gasteiger charge is -2.33. The second kappa shape index (κ2) is 6.26. The van der Waals surface area contributed by atoms with Crippen molar-refractivity contribution in [3.63, 3.8) is 0 Å². The Bertz CT molecular complexity index is 2790. The van der Waals surface area contributed by atoms with Gasteiger partial charge < -0.3 is 4.74 Å². The number of fused-ring (bicyclic) bond motifs is 11. The van der Waals surface area contributed by atoms with Crippen molar-refractivity contribution < 1.29 is 13.9 Å². The Morgan fingerprint density at radius 3 is 2.40 bits per heavy atom. The molecule has 12 rings (SSSR count). The molecule has 3 aromatic carbocycles. The van der Waals surface area contributed by atoms with Gasteiger partial charge in [-0.2, -0.15) is 9.13 Å². The predicted octanol–water partition coefficient (Wildman–Crippen LogP) is 6.50. The van der Waals surface area contributed by atoms with Gasteiger partial charge in [-0.15, -0.1) is 4.57 Å². The van der Waals surface area contributed by atoms with E-state index < -0.39 is 5.66 Å². The Balaban J connectivity index is 1.48. The minimum atomic E-state index is -0.697. The van der Waals surface area contributed by atoms with Crippen LogP contribution in [0.15, 0.2) is 116 Å². The molecule has 9 heterocycles. The summed E-state index contributed by atoms with van der Waals surface area (Å²) < 4.78 is 16.6. The number of para-hydroxylation sites is 2. The van der Waals surface area contributed by atoms with Crippen LogP contribution in [0.25, 0.3) is 66.0 Å². The molecular formula is C36H19N5O+2. The first kappa shape index (κ1) is 20.2. The maximum absolute atomic E-state index is 6.87. The van der Waals surface area contributed by atoms with Crippen molar-refractivity contribution >= 4 is 60.2 Å². The molecule has 0 N–H and O–H groups in total. The fourth-order valence-corrected chi connectivity index (χ4v) is 8.61. The fourth-order valence-electron chi connectivity index (χ4n) is 8.61. The Labute approximate surface area is 237 Å². The molecular weight excluding hydrogens is 518 g/mol. The normalized spacial score (nSPS) is 17.3. The maximum Gasteiger partial charge on any atom is 0.378 e. The van der Waals surface area contributed by atoms with Gasteiger partial charge in [0.1, 0.15) is 22.2 Å². The average Bonchev–Trinajstić information content (AvgIpc) is 3.68. The largest absolute Gasteiger partial charge is 0.404 e. The lowest BCUT2D eigenvalue weighted by Crippen LogP contribution is -2.76. The van der Waals surface area contributed by atoms with E-state index in [1.165, 1.54) is 60.3 Å². The molecule has 0 saturated heterocycles. The molecule has 1 unspecified atom stereocenters. The highest BCUT2D eigenvalue weighted by Gasteiger charge is 2.68. The van der Waals surface area contributed by atoms with Crippen molar-refractivity contribution in [3.8, 4) is 17.4 Å². The number of pyridine rings is 4. The van der Waals surface area contributed by atoms with E-state index in [1.54, 1.807) is 0 Å². The molecule has 3 aliphatic heterocycles. The minimum absolute atomic E-state index is 0.697. The maximum atomic E-state index is 6.87. The van der Waals surface area contributed by atoms with Crippen molar-refractivity contribution in [1.82, 2.24) is 14.0 Å². The molecule has 0 amide bonds. The topological polar surface area (TPSA) is 39.2 Å². The summed E-state index contributed by atoms with van der Waals surface area (Å²) in [5.74, 6) is 2.86. The number of aromatic nitrogens is 5. The number of hydrogen-bond acceptors (Lipinski definition) is 2. The van der Waals surface area contributed by atoms with Crippen LogP contribution in [0.2, 0.25) is 0 Å². The smallest absolute Gasteiger partial charge is 0.378 e. The number of rotatable bonds is 0. The molecule has 3 aliphatic rings. The second-order valence-electron chi connectivity index (χ2n) is 11.6. The summed E-state index contributed by atoms with van der Waals surface area (Å²) in [6.07, 6.45) is 4.15. The van der Waals surface area contributed by atoms with Crippen LogP contribution in [-0.4, -0.2) is 14.0 Å². The van der Waals surface area contributed by atoms with E-state index in [1.807, 2.05) is 12.3 Å². The number of hydrogen-bond donors (Lipinski definition) is 0. The highest BCUT2D eigenvalue weighted by atomic mass is 16.5. The molecule has 0 radical (unpaired) electrons. The lowest BCUT2D eigenvalue weighted by molar-refractivity contribution is -0.958. The Kier molecular flexibility index (Phi) is 3.01. The minimum Gasteiger partial charge on any atom is -0.404 e. The summed E-state index contributed by atoms with van der Waals surface area (Å²) in [6.45, 7) is 0. The SMILES string of the molecule is c1cc[n+]2c(c1)-n1c3ccccc3c3ccc4c(c31)C21c2c3ccccc3n3c5ncccc5c5ccc([n+]1c5c23)O4. The summed E-state index contributed by atoms with van der Waals surface area (Å²) in [6, 6.07) is 37.1. The van der Waals surface area contributed by atoms with Gasteiger partial charge in [-0.05, 0) is 54.6 Å². The molecule has 0 bridgehead atoms. The van der Waals surface area contributed by atoms with Crippen LogP contribution in [-0.2, 0) is 5.66 Å². The van der Waals surface area contributed by atoms with E-state index in [0.29, 0.717) is 0 Å². The third-order valence-corrected chi connectivity index (χ3v) is 9.93.